The average Bonchev–Trinajstić information content (AvgIpc) is 2.79. The van der Waals surface area contributed by atoms with E-state index in [9.17, 15) is 14.7 Å². The fourth-order valence-electron chi connectivity index (χ4n) is 2.10. The lowest BCUT2D eigenvalue weighted by Crippen LogP contribution is -2.27. The maximum Gasteiger partial charge on any atom is 0.298 e. The van der Waals surface area contributed by atoms with Gasteiger partial charge in [-0.25, -0.2) is 4.90 Å². The van der Waals surface area contributed by atoms with Crippen molar-refractivity contribution in [3.63, 3.8) is 0 Å². The van der Waals surface area contributed by atoms with E-state index in [1.54, 1.807) is 30.3 Å². The highest BCUT2D eigenvalue weighted by Gasteiger charge is 2.36. The number of hydrogen-bond donors (Lipinski definition) is 1. The summed E-state index contributed by atoms with van der Waals surface area (Å²) >= 11 is 12.6. The Bertz CT molecular complexity index is 837. The Balaban J connectivity index is 2.00. The van der Waals surface area contributed by atoms with Crippen LogP contribution in [0.15, 0.2) is 47.4 Å². The number of aromatic hydroxyl groups is 1. The second-order valence-corrected chi connectivity index (χ2v) is 6.51. The molecule has 0 spiro atoms. The number of carbonyl (C=O) groups is 2. The zero-order chi connectivity index (χ0) is 16.6. The second-order valence-electron chi connectivity index (χ2n) is 4.68. The molecule has 1 saturated heterocycles. The molecule has 0 unspecified atom stereocenters. The number of nitrogens with zero attached hydrogens (tertiary/aromatic N) is 1. The van der Waals surface area contributed by atoms with Gasteiger partial charge in [-0.1, -0.05) is 41.4 Å². The highest BCUT2D eigenvalue weighted by atomic mass is 35.5. The van der Waals surface area contributed by atoms with Crippen molar-refractivity contribution in [2.75, 3.05) is 4.90 Å². The van der Waals surface area contributed by atoms with Crippen molar-refractivity contribution < 1.29 is 14.7 Å². The quantitative estimate of drug-likeness (QED) is 0.765. The number of benzene rings is 2. The molecule has 0 aliphatic carbocycles. The first-order chi connectivity index (χ1) is 11.0. The maximum absolute atomic E-state index is 12.5. The highest BCUT2D eigenvalue weighted by molar-refractivity contribution is 8.19. The van der Waals surface area contributed by atoms with Crippen molar-refractivity contribution in [3.05, 3.63) is 63.0 Å². The molecule has 0 atom stereocenters. The molecule has 4 nitrogen and oxygen atoms in total. The first kappa shape index (κ1) is 15.9. The lowest BCUT2D eigenvalue weighted by Gasteiger charge is -2.11. The second kappa shape index (κ2) is 6.28. The van der Waals surface area contributed by atoms with Gasteiger partial charge in [0.15, 0.2) is 0 Å². The summed E-state index contributed by atoms with van der Waals surface area (Å²) in [6.07, 6.45) is 1.40. The third-order valence-corrected chi connectivity index (χ3v) is 4.53. The Kier molecular flexibility index (Phi) is 4.35. The van der Waals surface area contributed by atoms with Crippen molar-refractivity contribution in [1.29, 1.82) is 0 Å². The summed E-state index contributed by atoms with van der Waals surface area (Å²) < 4.78 is 0. The summed E-state index contributed by atoms with van der Waals surface area (Å²) in [5, 5.41) is 9.96. The van der Waals surface area contributed by atoms with Crippen LogP contribution in [0.2, 0.25) is 10.0 Å². The Morgan fingerprint density at radius 2 is 1.78 bits per heavy atom. The lowest BCUT2D eigenvalue weighted by molar-refractivity contribution is -0.113. The topological polar surface area (TPSA) is 57.6 Å². The van der Waals surface area contributed by atoms with Gasteiger partial charge in [0, 0.05) is 10.6 Å². The van der Waals surface area contributed by atoms with E-state index in [-0.39, 0.29) is 21.2 Å². The monoisotopic (exact) mass is 365 g/mol. The van der Waals surface area contributed by atoms with Gasteiger partial charge in [-0.15, -0.1) is 0 Å². The van der Waals surface area contributed by atoms with E-state index in [4.69, 9.17) is 23.2 Å². The van der Waals surface area contributed by atoms with Gasteiger partial charge in [0.1, 0.15) is 5.75 Å². The molecule has 1 aliphatic rings. The van der Waals surface area contributed by atoms with Gasteiger partial charge < -0.3 is 5.11 Å². The third kappa shape index (κ3) is 3.08. The number of anilines is 1. The average molecular weight is 366 g/mol. The third-order valence-electron chi connectivity index (χ3n) is 3.15. The number of rotatable bonds is 2. The molecule has 1 aliphatic heterocycles. The summed E-state index contributed by atoms with van der Waals surface area (Å²) in [4.78, 5) is 25.9. The highest BCUT2D eigenvalue weighted by Crippen LogP contribution is 2.38. The Labute approximate surface area is 146 Å². The molecule has 2 amide bonds. The standard InChI is InChI=1S/C16H9Cl2NO3S/c17-10-6-9(14(20)12(18)8-10)7-13-15(21)19(16(22)23-13)11-4-2-1-3-5-11/h1-8,20H/b13-7-. The molecule has 1 N–H and O–H groups in total. The predicted octanol–water partition coefficient (Wildman–Crippen LogP) is 4.94. The van der Waals surface area contributed by atoms with Crippen LogP contribution < -0.4 is 4.90 Å². The fourth-order valence-corrected chi connectivity index (χ4v) is 3.45. The van der Waals surface area contributed by atoms with Crippen LogP contribution in [0, 0.1) is 0 Å². The molecule has 3 rings (SSSR count). The maximum atomic E-state index is 12.5. The van der Waals surface area contributed by atoms with E-state index in [1.165, 1.54) is 18.2 Å². The van der Waals surface area contributed by atoms with Gasteiger partial charge in [0.2, 0.25) is 0 Å². The first-order valence-corrected chi connectivity index (χ1v) is 8.05. The normalized spacial score (nSPS) is 16.4. The van der Waals surface area contributed by atoms with Gasteiger partial charge in [-0.05, 0) is 42.1 Å². The summed E-state index contributed by atoms with van der Waals surface area (Å²) in [7, 11) is 0. The number of thioether (sulfide) groups is 1. The number of para-hydroxylation sites is 1. The van der Waals surface area contributed by atoms with E-state index in [1.807, 2.05) is 0 Å². The fraction of sp³-hybridized carbons (Fsp3) is 0. The molecule has 0 saturated carbocycles. The zero-order valence-corrected chi connectivity index (χ0v) is 13.8. The van der Waals surface area contributed by atoms with Crippen molar-refractivity contribution in [1.82, 2.24) is 0 Å². The Hall–Kier alpha value is -1.95. The number of amides is 2. The lowest BCUT2D eigenvalue weighted by atomic mass is 10.2. The van der Waals surface area contributed by atoms with Crippen LogP contribution in [-0.2, 0) is 4.79 Å². The largest absolute Gasteiger partial charge is 0.506 e. The molecule has 23 heavy (non-hydrogen) atoms. The van der Waals surface area contributed by atoms with Crippen molar-refractivity contribution >= 4 is 57.9 Å². The number of halogens is 2. The van der Waals surface area contributed by atoms with E-state index in [2.05, 4.69) is 0 Å². The SMILES string of the molecule is O=C1S/C(=C\c2cc(Cl)cc(Cl)c2O)C(=O)N1c1ccccc1. The molecule has 2 aromatic carbocycles. The molecule has 0 radical (unpaired) electrons. The summed E-state index contributed by atoms with van der Waals surface area (Å²) in [6.45, 7) is 0. The smallest absolute Gasteiger partial charge is 0.298 e. The van der Waals surface area contributed by atoms with Gasteiger partial charge in [-0.3, -0.25) is 9.59 Å². The van der Waals surface area contributed by atoms with E-state index >= 15 is 0 Å². The van der Waals surface area contributed by atoms with Crippen LogP contribution in [0.25, 0.3) is 6.08 Å². The van der Waals surface area contributed by atoms with Crippen LogP contribution in [0.4, 0.5) is 10.5 Å². The first-order valence-electron chi connectivity index (χ1n) is 6.48. The van der Waals surface area contributed by atoms with Crippen LogP contribution in [0.3, 0.4) is 0 Å². The van der Waals surface area contributed by atoms with Crippen molar-refractivity contribution in [3.8, 4) is 5.75 Å². The summed E-state index contributed by atoms with van der Waals surface area (Å²) in [5.41, 5.74) is 0.771. The van der Waals surface area contributed by atoms with Gasteiger partial charge in [-0.2, -0.15) is 0 Å². The zero-order valence-electron chi connectivity index (χ0n) is 11.5. The van der Waals surface area contributed by atoms with E-state index in [0.717, 1.165) is 16.7 Å². The Morgan fingerprint density at radius 3 is 2.48 bits per heavy atom. The minimum absolute atomic E-state index is 0.0750. The number of phenolic OH excluding ortho intramolecular Hbond substituents is 1. The molecule has 7 heteroatoms. The van der Waals surface area contributed by atoms with Gasteiger partial charge in [0.05, 0.1) is 15.6 Å². The van der Waals surface area contributed by atoms with Gasteiger partial charge >= 0.3 is 0 Å². The van der Waals surface area contributed by atoms with E-state index in [0.29, 0.717) is 10.7 Å². The van der Waals surface area contributed by atoms with Crippen LogP contribution in [0.5, 0.6) is 5.75 Å². The predicted molar refractivity (Wildman–Crippen MR) is 93.0 cm³/mol. The van der Waals surface area contributed by atoms with E-state index < -0.39 is 11.1 Å². The van der Waals surface area contributed by atoms with Gasteiger partial charge in [0.25, 0.3) is 11.1 Å². The molecular formula is C16H9Cl2NO3S. The molecule has 116 valence electrons. The van der Waals surface area contributed by atoms with Crippen molar-refractivity contribution in [2.24, 2.45) is 0 Å². The number of carbonyl (C=O) groups excluding carboxylic acids is 2. The molecule has 0 bridgehead atoms. The Morgan fingerprint density at radius 1 is 1.09 bits per heavy atom. The number of phenols is 1. The molecular weight excluding hydrogens is 357 g/mol. The summed E-state index contributed by atoms with van der Waals surface area (Å²) in [6, 6.07) is 11.5. The summed E-state index contributed by atoms with van der Waals surface area (Å²) in [5.74, 6) is -0.649. The van der Waals surface area contributed by atoms with Crippen molar-refractivity contribution in [2.45, 2.75) is 0 Å². The van der Waals surface area contributed by atoms with Crippen LogP contribution >= 0.6 is 35.0 Å². The number of imide groups is 1. The van der Waals surface area contributed by atoms with Crippen LogP contribution in [0.1, 0.15) is 5.56 Å². The minimum atomic E-state index is -0.457. The van der Waals surface area contributed by atoms with Crippen LogP contribution in [-0.4, -0.2) is 16.3 Å². The molecule has 1 heterocycles. The number of hydrogen-bond acceptors (Lipinski definition) is 4. The molecule has 1 fully saturated rings. The molecule has 2 aromatic rings. The molecule has 0 aromatic heterocycles. The minimum Gasteiger partial charge on any atom is -0.506 e.